The Morgan fingerprint density at radius 3 is 2.80 bits per heavy atom. The van der Waals surface area contributed by atoms with Crippen LogP contribution >= 0.6 is 35.3 Å². The first-order valence-corrected chi connectivity index (χ1v) is 10.8. The molecule has 3 rings (SSSR count). The minimum atomic E-state index is -0.182. The Balaban J connectivity index is 1.64. The predicted molar refractivity (Wildman–Crippen MR) is 107 cm³/mol. The summed E-state index contributed by atoms with van der Waals surface area (Å²) in [7, 11) is 0. The van der Waals surface area contributed by atoms with Crippen LogP contribution in [-0.4, -0.2) is 27.0 Å². The SMILES string of the molecule is C[C@@H]1CCCC[C@H]1NC(=O)[C@@H](C)Sc1nn(-c2ccccc2)c(=S)s1. The number of thioether (sulfide) groups is 1. The number of nitrogens with one attached hydrogen (secondary N) is 1. The fourth-order valence-corrected chi connectivity index (χ4v) is 5.59. The van der Waals surface area contributed by atoms with E-state index in [-0.39, 0.29) is 11.2 Å². The average molecular weight is 394 g/mol. The molecule has 1 fully saturated rings. The fourth-order valence-electron chi connectivity index (χ4n) is 3.08. The molecule has 0 bridgehead atoms. The third-order valence-corrected chi connectivity index (χ3v) is 7.03. The van der Waals surface area contributed by atoms with Gasteiger partial charge in [0.25, 0.3) is 0 Å². The van der Waals surface area contributed by atoms with E-state index < -0.39 is 0 Å². The highest BCUT2D eigenvalue weighted by atomic mass is 32.2. The molecule has 1 heterocycles. The van der Waals surface area contributed by atoms with Crippen molar-refractivity contribution in [2.24, 2.45) is 5.92 Å². The number of hydrogen-bond acceptors (Lipinski definition) is 5. The lowest BCUT2D eigenvalue weighted by molar-refractivity contribution is -0.121. The topological polar surface area (TPSA) is 46.9 Å². The molecule has 134 valence electrons. The van der Waals surface area contributed by atoms with Gasteiger partial charge in [0.1, 0.15) is 0 Å². The molecule has 1 aromatic carbocycles. The third kappa shape index (κ3) is 4.71. The van der Waals surface area contributed by atoms with Crippen molar-refractivity contribution in [3.05, 3.63) is 34.3 Å². The zero-order valence-electron chi connectivity index (χ0n) is 14.5. The molecule has 0 radical (unpaired) electrons. The van der Waals surface area contributed by atoms with Crippen LogP contribution in [0, 0.1) is 9.87 Å². The minimum absolute atomic E-state index is 0.0936. The number of carbonyl (C=O) groups is 1. The molecule has 25 heavy (non-hydrogen) atoms. The number of benzene rings is 1. The Hall–Kier alpha value is -1.18. The standard InChI is InChI=1S/C18H23N3OS3/c1-12-8-6-7-11-15(12)19-16(22)13(2)24-17-20-21(18(23)25-17)14-9-4-3-5-10-14/h3-5,9-10,12-13,15H,6-8,11H2,1-2H3,(H,19,22)/t12-,13-,15-/m1/s1. The van der Waals surface area contributed by atoms with Gasteiger partial charge in [-0.25, -0.2) is 4.68 Å². The van der Waals surface area contributed by atoms with Crippen molar-refractivity contribution < 1.29 is 4.79 Å². The van der Waals surface area contributed by atoms with Crippen molar-refractivity contribution >= 4 is 41.2 Å². The summed E-state index contributed by atoms with van der Waals surface area (Å²) in [4.78, 5) is 12.5. The molecule has 1 aliphatic rings. The predicted octanol–water partition coefficient (Wildman–Crippen LogP) is 4.84. The highest BCUT2D eigenvalue weighted by molar-refractivity contribution is 8.02. The first-order valence-electron chi connectivity index (χ1n) is 8.67. The van der Waals surface area contributed by atoms with Gasteiger partial charge in [0, 0.05) is 6.04 Å². The Bertz CT molecular complexity index is 771. The lowest BCUT2D eigenvalue weighted by Crippen LogP contribution is -2.44. The monoisotopic (exact) mass is 393 g/mol. The minimum Gasteiger partial charge on any atom is -0.352 e. The normalized spacial score (nSPS) is 21.7. The molecule has 7 heteroatoms. The molecule has 0 aliphatic heterocycles. The van der Waals surface area contributed by atoms with E-state index in [4.69, 9.17) is 12.2 Å². The van der Waals surface area contributed by atoms with Gasteiger partial charge in [0.15, 0.2) is 8.29 Å². The number of carbonyl (C=O) groups excluding carboxylic acids is 1. The van der Waals surface area contributed by atoms with Gasteiger partial charge in [0.2, 0.25) is 5.91 Å². The number of aromatic nitrogens is 2. The molecule has 4 nitrogen and oxygen atoms in total. The van der Waals surface area contributed by atoms with Crippen LogP contribution in [0.5, 0.6) is 0 Å². The van der Waals surface area contributed by atoms with Crippen LogP contribution in [0.4, 0.5) is 0 Å². The molecular weight excluding hydrogens is 370 g/mol. The van der Waals surface area contributed by atoms with Crippen LogP contribution in [0.15, 0.2) is 34.7 Å². The summed E-state index contributed by atoms with van der Waals surface area (Å²) in [5.41, 5.74) is 0.948. The van der Waals surface area contributed by atoms with Crippen LogP contribution in [0.25, 0.3) is 5.69 Å². The van der Waals surface area contributed by atoms with Gasteiger partial charge in [-0.1, -0.05) is 61.1 Å². The van der Waals surface area contributed by atoms with Gasteiger partial charge in [-0.15, -0.1) is 5.10 Å². The van der Waals surface area contributed by atoms with Gasteiger partial charge >= 0.3 is 0 Å². The van der Waals surface area contributed by atoms with E-state index in [0.29, 0.717) is 15.9 Å². The third-order valence-electron chi connectivity index (χ3n) is 4.62. The lowest BCUT2D eigenvalue weighted by Gasteiger charge is -2.30. The Labute approximate surface area is 162 Å². The molecule has 0 saturated heterocycles. The van der Waals surface area contributed by atoms with Crippen molar-refractivity contribution in [3.8, 4) is 5.69 Å². The van der Waals surface area contributed by atoms with Gasteiger partial charge in [-0.2, -0.15) is 0 Å². The molecule has 0 unspecified atom stereocenters. The average Bonchev–Trinajstić information content (AvgIpc) is 2.98. The number of hydrogen-bond donors (Lipinski definition) is 1. The molecule has 1 aromatic heterocycles. The molecular formula is C18H23N3OS3. The first-order chi connectivity index (χ1) is 12.0. The molecule has 1 aliphatic carbocycles. The van der Waals surface area contributed by atoms with E-state index >= 15 is 0 Å². The van der Waals surface area contributed by atoms with Gasteiger partial charge in [-0.3, -0.25) is 4.79 Å². The summed E-state index contributed by atoms with van der Waals surface area (Å²) in [6, 6.07) is 10.2. The van der Waals surface area contributed by atoms with E-state index in [0.717, 1.165) is 16.4 Å². The summed E-state index contributed by atoms with van der Waals surface area (Å²) in [6.45, 7) is 4.17. The van der Waals surface area contributed by atoms with E-state index in [1.54, 1.807) is 4.68 Å². The van der Waals surface area contributed by atoms with Crippen molar-refractivity contribution in [3.63, 3.8) is 0 Å². The van der Waals surface area contributed by atoms with Crippen molar-refractivity contribution in [1.29, 1.82) is 0 Å². The number of rotatable bonds is 5. The molecule has 1 saturated carbocycles. The van der Waals surface area contributed by atoms with Crippen LogP contribution in [-0.2, 0) is 4.79 Å². The summed E-state index contributed by atoms with van der Waals surface area (Å²) < 4.78 is 3.28. The summed E-state index contributed by atoms with van der Waals surface area (Å²) in [5, 5.41) is 7.62. The van der Waals surface area contributed by atoms with E-state index in [9.17, 15) is 4.79 Å². The molecule has 1 amide bonds. The second-order valence-electron chi connectivity index (χ2n) is 6.52. The maximum Gasteiger partial charge on any atom is 0.233 e. The highest BCUT2D eigenvalue weighted by Gasteiger charge is 2.25. The van der Waals surface area contributed by atoms with E-state index in [1.807, 2.05) is 37.3 Å². The van der Waals surface area contributed by atoms with Crippen LogP contribution < -0.4 is 5.32 Å². The zero-order valence-corrected chi connectivity index (χ0v) is 16.9. The second kappa shape index (κ2) is 8.47. The number of para-hydroxylation sites is 1. The van der Waals surface area contributed by atoms with E-state index in [1.165, 1.54) is 42.4 Å². The lowest BCUT2D eigenvalue weighted by atomic mass is 9.86. The van der Waals surface area contributed by atoms with Gasteiger partial charge in [0.05, 0.1) is 10.9 Å². The molecule has 1 N–H and O–H groups in total. The maximum absolute atomic E-state index is 12.5. The van der Waals surface area contributed by atoms with Crippen LogP contribution in [0.3, 0.4) is 0 Å². The van der Waals surface area contributed by atoms with Crippen LogP contribution in [0.1, 0.15) is 39.5 Å². The summed E-state index contributed by atoms with van der Waals surface area (Å²) >= 11 is 8.35. The van der Waals surface area contributed by atoms with Crippen LogP contribution in [0.2, 0.25) is 0 Å². The van der Waals surface area contributed by atoms with Crippen molar-refractivity contribution in [2.75, 3.05) is 0 Å². The maximum atomic E-state index is 12.5. The Morgan fingerprint density at radius 2 is 2.08 bits per heavy atom. The number of amides is 1. The summed E-state index contributed by atoms with van der Waals surface area (Å²) in [6.07, 6.45) is 4.78. The Kier molecular flexibility index (Phi) is 6.30. The van der Waals surface area contributed by atoms with Crippen molar-refractivity contribution in [2.45, 2.75) is 55.2 Å². The van der Waals surface area contributed by atoms with E-state index in [2.05, 4.69) is 17.3 Å². The molecule has 2 aromatic rings. The number of nitrogens with zero attached hydrogens (tertiary/aromatic N) is 2. The largest absolute Gasteiger partial charge is 0.352 e. The first kappa shape index (κ1) is 18.6. The van der Waals surface area contributed by atoms with Crippen molar-refractivity contribution in [1.82, 2.24) is 15.1 Å². The van der Waals surface area contributed by atoms with Gasteiger partial charge < -0.3 is 5.32 Å². The second-order valence-corrected chi connectivity index (χ2v) is 9.73. The Morgan fingerprint density at radius 1 is 1.36 bits per heavy atom. The molecule has 0 spiro atoms. The summed E-state index contributed by atoms with van der Waals surface area (Å²) in [5.74, 6) is 0.658. The fraction of sp³-hybridized carbons (Fsp3) is 0.500. The smallest absolute Gasteiger partial charge is 0.233 e. The quantitative estimate of drug-likeness (QED) is 0.583. The van der Waals surface area contributed by atoms with Gasteiger partial charge in [-0.05, 0) is 50.0 Å². The molecule has 3 atom stereocenters. The highest BCUT2D eigenvalue weighted by Crippen LogP contribution is 2.29. The zero-order chi connectivity index (χ0) is 17.8.